The molecule has 0 radical (unpaired) electrons. The molecule has 32 heavy (non-hydrogen) atoms. The van der Waals surface area contributed by atoms with Gasteiger partial charge in [-0.25, -0.2) is 8.42 Å². The van der Waals surface area contributed by atoms with Crippen molar-refractivity contribution < 1.29 is 17.9 Å². The van der Waals surface area contributed by atoms with Gasteiger partial charge in [0.25, 0.3) is 15.9 Å². The zero-order chi connectivity index (χ0) is 23.3. The summed E-state index contributed by atoms with van der Waals surface area (Å²) in [7, 11) is -0.640. The van der Waals surface area contributed by atoms with Crippen LogP contribution in [0.2, 0.25) is 5.02 Å². The second-order valence-corrected chi connectivity index (χ2v) is 9.45. The molecule has 0 spiro atoms. The summed E-state index contributed by atoms with van der Waals surface area (Å²) in [6.07, 6.45) is 0. The van der Waals surface area contributed by atoms with Crippen LogP contribution in [0.5, 0.6) is 5.75 Å². The number of hydrogen-bond acceptors (Lipinski definition) is 4. The molecule has 0 heterocycles. The van der Waals surface area contributed by atoms with Crippen LogP contribution >= 0.6 is 11.6 Å². The minimum absolute atomic E-state index is 0.0581. The fourth-order valence-electron chi connectivity index (χ4n) is 3.42. The Morgan fingerprint density at radius 2 is 1.72 bits per heavy atom. The Morgan fingerprint density at radius 3 is 2.38 bits per heavy atom. The van der Waals surface area contributed by atoms with E-state index in [-0.39, 0.29) is 29.5 Å². The minimum Gasteiger partial charge on any atom is -0.496 e. The fraction of sp³-hybridized carbons (Fsp3) is 0.208. The topological polar surface area (TPSA) is 66.9 Å². The fourth-order valence-corrected chi connectivity index (χ4v) is 5.14. The smallest absolute Gasteiger partial charge is 0.264 e. The summed E-state index contributed by atoms with van der Waals surface area (Å²) in [5, 5.41) is 0.537. The largest absolute Gasteiger partial charge is 0.496 e. The van der Waals surface area contributed by atoms with Gasteiger partial charge >= 0.3 is 0 Å². The minimum atomic E-state index is -3.84. The number of carbonyl (C=O) groups is 1. The summed E-state index contributed by atoms with van der Waals surface area (Å²) in [6, 6.07) is 20.2. The van der Waals surface area contributed by atoms with Gasteiger partial charge in [0.2, 0.25) is 0 Å². The molecule has 0 atom stereocenters. The molecule has 0 saturated carbocycles. The molecule has 8 heteroatoms. The first-order chi connectivity index (χ1) is 15.3. The van der Waals surface area contributed by atoms with Crippen LogP contribution in [0.1, 0.15) is 22.8 Å². The molecular formula is C24H25ClN2O4S. The highest BCUT2D eigenvalue weighted by molar-refractivity contribution is 7.92. The standard InChI is InChI=1S/C24H25ClN2O4S/c1-4-27(21-10-6-5-7-11-21)32(29,30)22-12-8-9-18(16-22)24(28)26(2)17-19-15-20(25)13-14-23(19)31-3/h5-16H,4,17H2,1-3H3. The van der Waals surface area contributed by atoms with E-state index in [1.807, 2.05) is 6.07 Å². The van der Waals surface area contributed by atoms with E-state index in [1.54, 1.807) is 75.7 Å². The first-order valence-electron chi connectivity index (χ1n) is 10.0. The number of rotatable bonds is 8. The zero-order valence-electron chi connectivity index (χ0n) is 18.2. The van der Waals surface area contributed by atoms with Gasteiger partial charge in [-0.3, -0.25) is 9.10 Å². The number of ether oxygens (including phenoxy) is 1. The van der Waals surface area contributed by atoms with Gasteiger partial charge in [-0.15, -0.1) is 0 Å². The lowest BCUT2D eigenvalue weighted by atomic mass is 10.1. The molecule has 0 aliphatic heterocycles. The van der Waals surface area contributed by atoms with Crippen molar-refractivity contribution in [2.45, 2.75) is 18.4 Å². The second kappa shape index (κ2) is 10.1. The zero-order valence-corrected chi connectivity index (χ0v) is 19.7. The molecule has 6 nitrogen and oxygen atoms in total. The number of nitrogens with zero attached hydrogens (tertiary/aromatic N) is 2. The van der Waals surface area contributed by atoms with E-state index in [4.69, 9.17) is 16.3 Å². The highest BCUT2D eigenvalue weighted by Gasteiger charge is 2.25. The van der Waals surface area contributed by atoms with Crippen LogP contribution in [0.4, 0.5) is 5.69 Å². The molecule has 0 aromatic heterocycles. The third-order valence-electron chi connectivity index (χ3n) is 5.00. The second-order valence-electron chi connectivity index (χ2n) is 7.15. The number of halogens is 1. The molecule has 0 bridgehead atoms. The Morgan fingerprint density at radius 1 is 1.00 bits per heavy atom. The Hall–Kier alpha value is -3.03. The predicted octanol–water partition coefficient (Wildman–Crippen LogP) is 4.84. The highest BCUT2D eigenvalue weighted by atomic mass is 35.5. The maximum atomic E-state index is 13.3. The molecule has 0 N–H and O–H groups in total. The molecule has 0 aliphatic carbocycles. The average molecular weight is 473 g/mol. The van der Waals surface area contributed by atoms with E-state index >= 15 is 0 Å². The number of sulfonamides is 1. The lowest BCUT2D eigenvalue weighted by Gasteiger charge is -2.23. The van der Waals surface area contributed by atoms with Crippen molar-refractivity contribution in [2.75, 3.05) is 25.0 Å². The Bertz CT molecular complexity index is 1200. The van der Waals surface area contributed by atoms with Gasteiger partial charge in [-0.2, -0.15) is 0 Å². The summed E-state index contributed by atoms with van der Waals surface area (Å²) < 4.78 is 33.2. The summed E-state index contributed by atoms with van der Waals surface area (Å²) in [4.78, 5) is 14.6. The van der Waals surface area contributed by atoms with Crippen LogP contribution in [-0.2, 0) is 16.6 Å². The van der Waals surface area contributed by atoms with E-state index in [9.17, 15) is 13.2 Å². The Labute approximate surface area is 194 Å². The molecule has 3 aromatic carbocycles. The molecule has 168 valence electrons. The third kappa shape index (κ3) is 5.06. The number of carbonyl (C=O) groups excluding carboxylic acids is 1. The Kier molecular flexibility index (Phi) is 7.43. The Balaban J connectivity index is 1.88. The molecule has 1 amide bonds. The maximum Gasteiger partial charge on any atom is 0.264 e. The van der Waals surface area contributed by atoms with Crippen LogP contribution < -0.4 is 9.04 Å². The van der Waals surface area contributed by atoms with Gasteiger partial charge < -0.3 is 9.64 Å². The monoisotopic (exact) mass is 472 g/mol. The lowest BCUT2D eigenvalue weighted by molar-refractivity contribution is 0.0784. The first-order valence-corrected chi connectivity index (χ1v) is 11.9. The molecular weight excluding hydrogens is 448 g/mol. The van der Waals surface area contributed by atoms with E-state index in [2.05, 4.69) is 0 Å². The molecule has 3 aromatic rings. The SMILES string of the molecule is CCN(c1ccccc1)S(=O)(=O)c1cccc(C(=O)N(C)Cc2cc(Cl)ccc2OC)c1. The number of anilines is 1. The maximum absolute atomic E-state index is 13.3. The summed E-state index contributed by atoms with van der Waals surface area (Å²) >= 11 is 6.09. The van der Waals surface area contributed by atoms with Crippen molar-refractivity contribution >= 4 is 33.2 Å². The van der Waals surface area contributed by atoms with E-state index in [1.165, 1.54) is 21.3 Å². The molecule has 3 rings (SSSR count). The van der Waals surface area contributed by atoms with Crippen molar-refractivity contribution in [2.24, 2.45) is 0 Å². The van der Waals surface area contributed by atoms with Crippen molar-refractivity contribution in [3.05, 3.63) is 88.9 Å². The van der Waals surface area contributed by atoms with E-state index in [0.29, 0.717) is 16.5 Å². The number of benzene rings is 3. The lowest BCUT2D eigenvalue weighted by Crippen LogP contribution is -2.31. The van der Waals surface area contributed by atoms with Crippen molar-refractivity contribution in [3.63, 3.8) is 0 Å². The normalized spacial score (nSPS) is 11.1. The van der Waals surface area contributed by atoms with Gasteiger partial charge in [0.1, 0.15) is 5.75 Å². The van der Waals surface area contributed by atoms with E-state index in [0.717, 1.165) is 5.56 Å². The molecule has 0 fully saturated rings. The van der Waals surface area contributed by atoms with Crippen LogP contribution in [-0.4, -0.2) is 39.9 Å². The van der Waals surface area contributed by atoms with Gasteiger partial charge in [-0.05, 0) is 55.5 Å². The summed E-state index contributed by atoms with van der Waals surface area (Å²) in [5.74, 6) is 0.304. The summed E-state index contributed by atoms with van der Waals surface area (Å²) in [6.45, 7) is 2.29. The van der Waals surface area contributed by atoms with Crippen LogP contribution in [0.25, 0.3) is 0 Å². The van der Waals surface area contributed by atoms with E-state index < -0.39 is 10.0 Å². The van der Waals surface area contributed by atoms with Crippen molar-refractivity contribution in [1.82, 2.24) is 4.90 Å². The molecule has 0 saturated heterocycles. The van der Waals surface area contributed by atoms with Gasteiger partial charge in [0, 0.05) is 36.3 Å². The number of methoxy groups -OCH3 is 1. The van der Waals surface area contributed by atoms with Crippen molar-refractivity contribution in [3.8, 4) is 5.75 Å². The summed E-state index contributed by atoms with van der Waals surface area (Å²) in [5.41, 5.74) is 1.59. The van der Waals surface area contributed by atoms with Crippen molar-refractivity contribution in [1.29, 1.82) is 0 Å². The molecule has 0 aliphatic rings. The third-order valence-corrected chi connectivity index (χ3v) is 7.13. The van der Waals surface area contributed by atoms with Crippen LogP contribution in [0.3, 0.4) is 0 Å². The number of amides is 1. The first kappa shape index (κ1) is 23.6. The molecule has 0 unspecified atom stereocenters. The van der Waals surface area contributed by atoms with Crippen LogP contribution in [0, 0.1) is 0 Å². The average Bonchev–Trinajstić information content (AvgIpc) is 2.80. The van der Waals surface area contributed by atoms with Gasteiger partial charge in [-0.1, -0.05) is 35.9 Å². The quantitative estimate of drug-likeness (QED) is 0.470. The predicted molar refractivity (Wildman–Crippen MR) is 127 cm³/mol. The number of hydrogen-bond donors (Lipinski definition) is 0. The van der Waals surface area contributed by atoms with Gasteiger partial charge in [0.15, 0.2) is 0 Å². The van der Waals surface area contributed by atoms with Crippen LogP contribution in [0.15, 0.2) is 77.7 Å². The van der Waals surface area contributed by atoms with Gasteiger partial charge in [0.05, 0.1) is 17.7 Å². The highest BCUT2D eigenvalue weighted by Crippen LogP contribution is 2.26. The number of para-hydroxylation sites is 1.